The second kappa shape index (κ2) is 8.40. The maximum absolute atomic E-state index is 11.9. The van der Waals surface area contributed by atoms with E-state index >= 15 is 0 Å². The standard InChI is InChI=1S/C16H22N4O3/c1-12(14-4-3-5-15(10-14)17-13(2)21)18-19-16(22)11-20-6-8-23-9-7-20/h3-5,10H,6-9,11H2,1-2H3,(H,17,21)(H,19,22)/b18-12-. The number of nitrogens with zero attached hydrogens (tertiary/aromatic N) is 2. The first-order valence-electron chi connectivity index (χ1n) is 7.56. The van der Waals surface area contributed by atoms with Gasteiger partial charge >= 0.3 is 0 Å². The van der Waals surface area contributed by atoms with Crippen LogP contribution in [0.3, 0.4) is 0 Å². The Labute approximate surface area is 135 Å². The summed E-state index contributed by atoms with van der Waals surface area (Å²) in [5, 5.41) is 6.85. The summed E-state index contributed by atoms with van der Waals surface area (Å²) in [6.45, 7) is 6.41. The third-order valence-corrected chi connectivity index (χ3v) is 3.42. The van der Waals surface area contributed by atoms with Gasteiger partial charge in [-0.2, -0.15) is 5.10 Å². The highest BCUT2D eigenvalue weighted by Crippen LogP contribution is 2.11. The number of carbonyl (C=O) groups is 2. The smallest absolute Gasteiger partial charge is 0.254 e. The van der Waals surface area contributed by atoms with Crippen LogP contribution in [0.2, 0.25) is 0 Å². The number of rotatable bonds is 5. The Morgan fingerprint density at radius 3 is 2.70 bits per heavy atom. The number of benzene rings is 1. The van der Waals surface area contributed by atoms with E-state index in [1.807, 2.05) is 30.0 Å². The van der Waals surface area contributed by atoms with Gasteiger partial charge in [-0.3, -0.25) is 14.5 Å². The van der Waals surface area contributed by atoms with E-state index in [9.17, 15) is 9.59 Å². The van der Waals surface area contributed by atoms with Crippen molar-refractivity contribution >= 4 is 23.2 Å². The molecule has 1 fully saturated rings. The summed E-state index contributed by atoms with van der Waals surface area (Å²) >= 11 is 0. The molecule has 124 valence electrons. The minimum Gasteiger partial charge on any atom is -0.379 e. The van der Waals surface area contributed by atoms with Gasteiger partial charge in [-0.1, -0.05) is 12.1 Å². The van der Waals surface area contributed by atoms with Crippen molar-refractivity contribution in [2.45, 2.75) is 13.8 Å². The number of morpholine rings is 1. The highest BCUT2D eigenvalue weighted by atomic mass is 16.5. The monoisotopic (exact) mass is 318 g/mol. The minimum atomic E-state index is -0.149. The zero-order valence-electron chi connectivity index (χ0n) is 13.5. The summed E-state index contributed by atoms with van der Waals surface area (Å²) in [5.41, 5.74) is 4.78. The number of ether oxygens (including phenoxy) is 1. The predicted octanol–water partition coefficient (Wildman–Crippen LogP) is 0.817. The van der Waals surface area contributed by atoms with Gasteiger partial charge in [0.25, 0.3) is 5.91 Å². The van der Waals surface area contributed by atoms with Gasteiger partial charge in [0.1, 0.15) is 0 Å². The lowest BCUT2D eigenvalue weighted by molar-refractivity contribution is -0.123. The number of hydrogen-bond donors (Lipinski definition) is 2. The first-order valence-corrected chi connectivity index (χ1v) is 7.56. The van der Waals surface area contributed by atoms with Crippen LogP contribution in [0.4, 0.5) is 5.69 Å². The molecule has 1 aliphatic rings. The van der Waals surface area contributed by atoms with E-state index in [1.165, 1.54) is 6.92 Å². The van der Waals surface area contributed by atoms with Gasteiger partial charge in [-0.05, 0) is 24.6 Å². The summed E-state index contributed by atoms with van der Waals surface area (Å²) in [5.74, 6) is -0.278. The Bertz CT molecular complexity index is 595. The Morgan fingerprint density at radius 2 is 2.00 bits per heavy atom. The largest absolute Gasteiger partial charge is 0.379 e. The average molecular weight is 318 g/mol. The normalized spacial score (nSPS) is 16.0. The predicted molar refractivity (Wildman–Crippen MR) is 88.4 cm³/mol. The molecule has 2 amide bonds. The lowest BCUT2D eigenvalue weighted by Crippen LogP contribution is -2.42. The van der Waals surface area contributed by atoms with E-state index in [0.717, 1.165) is 18.7 Å². The van der Waals surface area contributed by atoms with Gasteiger partial charge in [0.15, 0.2) is 0 Å². The van der Waals surface area contributed by atoms with Crippen LogP contribution >= 0.6 is 0 Å². The number of hydrazone groups is 1. The first kappa shape index (κ1) is 17.1. The maximum Gasteiger partial charge on any atom is 0.254 e. The fourth-order valence-electron chi connectivity index (χ4n) is 2.23. The fourth-order valence-corrected chi connectivity index (χ4v) is 2.23. The Morgan fingerprint density at radius 1 is 1.26 bits per heavy atom. The van der Waals surface area contributed by atoms with Crippen LogP contribution in [-0.2, 0) is 14.3 Å². The molecule has 0 saturated carbocycles. The van der Waals surface area contributed by atoms with Gasteiger partial charge in [0, 0.05) is 25.7 Å². The number of anilines is 1. The molecule has 1 aromatic rings. The van der Waals surface area contributed by atoms with Crippen LogP contribution in [0.15, 0.2) is 29.4 Å². The molecule has 1 saturated heterocycles. The average Bonchev–Trinajstić information content (AvgIpc) is 2.53. The third-order valence-electron chi connectivity index (χ3n) is 3.42. The Hall–Kier alpha value is -2.25. The fraction of sp³-hybridized carbons (Fsp3) is 0.438. The molecule has 1 aliphatic heterocycles. The molecule has 0 spiro atoms. The van der Waals surface area contributed by atoms with Crippen molar-refractivity contribution in [2.24, 2.45) is 5.10 Å². The van der Waals surface area contributed by atoms with Crippen LogP contribution in [0.25, 0.3) is 0 Å². The van der Waals surface area contributed by atoms with Crippen LogP contribution in [0, 0.1) is 0 Å². The summed E-state index contributed by atoms with van der Waals surface area (Å²) < 4.78 is 5.25. The molecule has 7 heteroatoms. The molecule has 2 N–H and O–H groups in total. The summed E-state index contributed by atoms with van der Waals surface area (Å²) in [4.78, 5) is 25.0. The van der Waals surface area contributed by atoms with Gasteiger partial charge in [-0.15, -0.1) is 0 Å². The van der Waals surface area contributed by atoms with E-state index in [1.54, 1.807) is 6.07 Å². The van der Waals surface area contributed by atoms with Crippen molar-refractivity contribution in [3.05, 3.63) is 29.8 Å². The highest BCUT2D eigenvalue weighted by Gasteiger charge is 2.13. The van der Waals surface area contributed by atoms with Crippen LogP contribution in [-0.4, -0.2) is 55.3 Å². The molecule has 2 rings (SSSR count). The van der Waals surface area contributed by atoms with Crippen molar-refractivity contribution in [3.8, 4) is 0 Å². The molecule has 0 bridgehead atoms. The lowest BCUT2D eigenvalue weighted by Gasteiger charge is -2.25. The van der Waals surface area contributed by atoms with E-state index in [-0.39, 0.29) is 11.8 Å². The van der Waals surface area contributed by atoms with Gasteiger partial charge in [0.05, 0.1) is 25.5 Å². The third kappa shape index (κ3) is 5.80. The molecule has 1 aromatic carbocycles. The summed E-state index contributed by atoms with van der Waals surface area (Å²) in [6, 6.07) is 7.32. The van der Waals surface area contributed by atoms with E-state index in [4.69, 9.17) is 4.74 Å². The Kier molecular flexibility index (Phi) is 6.25. The second-order valence-corrected chi connectivity index (χ2v) is 5.38. The maximum atomic E-state index is 11.9. The van der Waals surface area contributed by atoms with Crippen molar-refractivity contribution in [3.63, 3.8) is 0 Å². The van der Waals surface area contributed by atoms with Crippen molar-refractivity contribution < 1.29 is 14.3 Å². The van der Waals surface area contributed by atoms with Crippen molar-refractivity contribution in [1.82, 2.24) is 10.3 Å². The molecule has 0 aromatic heterocycles. The number of carbonyl (C=O) groups excluding carboxylic acids is 2. The van der Waals surface area contributed by atoms with E-state index < -0.39 is 0 Å². The van der Waals surface area contributed by atoms with E-state index in [0.29, 0.717) is 31.2 Å². The SMILES string of the molecule is CC(=O)Nc1cccc(/C(C)=N\NC(=O)CN2CCOCC2)c1. The second-order valence-electron chi connectivity index (χ2n) is 5.38. The molecule has 1 heterocycles. The molecular weight excluding hydrogens is 296 g/mol. The van der Waals surface area contributed by atoms with Crippen LogP contribution in [0.5, 0.6) is 0 Å². The zero-order chi connectivity index (χ0) is 16.7. The number of nitrogens with one attached hydrogen (secondary N) is 2. The van der Waals surface area contributed by atoms with Crippen molar-refractivity contribution in [2.75, 3.05) is 38.2 Å². The lowest BCUT2D eigenvalue weighted by atomic mass is 10.1. The molecule has 0 unspecified atom stereocenters. The zero-order valence-corrected chi connectivity index (χ0v) is 13.5. The molecule has 23 heavy (non-hydrogen) atoms. The summed E-state index contributed by atoms with van der Waals surface area (Å²) in [6.07, 6.45) is 0. The van der Waals surface area contributed by atoms with Gasteiger partial charge in [0.2, 0.25) is 5.91 Å². The molecular formula is C16H22N4O3. The number of amides is 2. The molecule has 0 aliphatic carbocycles. The highest BCUT2D eigenvalue weighted by molar-refractivity contribution is 6.00. The van der Waals surface area contributed by atoms with E-state index in [2.05, 4.69) is 15.8 Å². The molecule has 0 radical (unpaired) electrons. The minimum absolute atomic E-state index is 0.129. The summed E-state index contributed by atoms with van der Waals surface area (Å²) in [7, 11) is 0. The topological polar surface area (TPSA) is 83.0 Å². The van der Waals surface area contributed by atoms with Crippen LogP contribution < -0.4 is 10.7 Å². The quantitative estimate of drug-likeness (QED) is 0.622. The van der Waals surface area contributed by atoms with Crippen molar-refractivity contribution in [1.29, 1.82) is 0 Å². The molecule has 0 atom stereocenters. The number of hydrogen-bond acceptors (Lipinski definition) is 5. The van der Waals surface area contributed by atoms with Gasteiger partial charge < -0.3 is 10.1 Å². The Balaban J connectivity index is 1.91. The van der Waals surface area contributed by atoms with Crippen LogP contribution in [0.1, 0.15) is 19.4 Å². The first-order chi connectivity index (χ1) is 11.0. The molecule has 7 nitrogen and oxygen atoms in total. The van der Waals surface area contributed by atoms with Gasteiger partial charge in [-0.25, -0.2) is 5.43 Å².